The number of nitrogen functional groups attached to an aromatic ring is 1. The van der Waals surface area contributed by atoms with E-state index in [-0.39, 0.29) is 17.4 Å². The summed E-state index contributed by atoms with van der Waals surface area (Å²) in [6.07, 6.45) is 3.58. The van der Waals surface area contributed by atoms with Crippen molar-refractivity contribution in [2.45, 2.75) is 13.3 Å². The molecular formula is C15H18N4O2. The first-order chi connectivity index (χ1) is 10.2. The fraction of sp³-hybridized carbons (Fsp3) is 0.267. The van der Waals surface area contributed by atoms with Crippen LogP contribution in [0.15, 0.2) is 36.7 Å². The molecular weight excluding hydrogens is 268 g/mol. The number of nitrogens with one attached hydrogen (secondary N) is 1. The first-order valence-electron chi connectivity index (χ1n) is 6.71. The molecule has 0 fully saturated rings. The number of nitrogens with two attached hydrogens (primary N) is 1. The van der Waals surface area contributed by atoms with E-state index in [2.05, 4.69) is 15.3 Å². The first kappa shape index (κ1) is 14.8. The highest BCUT2D eigenvalue weighted by molar-refractivity contribution is 5.96. The Bertz CT molecular complexity index is 616. The fourth-order valence-corrected chi connectivity index (χ4v) is 1.78. The first-order valence-corrected chi connectivity index (χ1v) is 6.71. The molecule has 2 aromatic rings. The van der Waals surface area contributed by atoms with Crippen LogP contribution in [-0.4, -0.2) is 29.0 Å². The molecule has 0 aliphatic heterocycles. The third kappa shape index (κ3) is 4.45. The molecule has 1 amide bonds. The molecule has 2 rings (SSSR count). The minimum Gasteiger partial charge on any atom is -0.494 e. The van der Waals surface area contributed by atoms with Crippen molar-refractivity contribution < 1.29 is 9.53 Å². The second kappa shape index (κ2) is 7.23. The molecule has 21 heavy (non-hydrogen) atoms. The molecule has 1 heterocycles. The van der Waals surface area contributed by atoms with Crippen LogP contribution in [0, 0.1) is 6.92 Å². The van der Waals surface area contributed by atoms with Gasteiger partial charge in [0.05, 0.1) is 6.61 Å². The Hall–Kier alpha value is -2.63. The van der Waals surface area contributed by atoms with E-state index in [0.29, 0.717) is 19.6 Å². The number of aromatic nitrogens is 2. The highest BCUT2D eigenvalue weighted by atomic mass is 16.5. The van der Waals surface area contributed by atoms with E-state index in [1.165, 1.54) is 12.4 Å². The molecule has 0 aliphatic rings. The molecule has 0 aliphatic carbocycles. The number of hydrogen-bond acceptors (Lipinski definition) is 5. The number of hydrogen-bond donors (Lipinski definition) is 2. The van der Waals surface area contributed by atoms with Gasteiger partial charge in [-0.2, -0.15) is 0 Å². The number of nitrogens with zero attached hydrogens (tertiary/aromatic N) is 2. The topological polar surface area (TPSA) is 90.1 Å². The Kier molecular flexibility index (Phi) is 5.09. The lowest BCUT2D eigenvalue weighted by Crippen LogP contribution is -2.27. The molecule has 6 nitrogen and oxygen atoms in total. The molecule has 110 valence electrons. The van der Waals surface area contributed by atoms with Crippen LogP contribution >= 0.6 is 0 Å². The van der Waals surface area contributed by atoms with Gasteiger partial charge in [0.2, 0.25) is 0 Å². The van der Waals surface area contributed by atoms with E-state index in [1.54, 1.807) is 0 Å². The van der Waals surface area contributed by atoms with Crippen LogP contribution in [0.5, 0.6) is 5.75 Å². The van der Waals surface area contributed by atoms with E-state index < -0.39 is 0 Å². The lowest BCUT2D eigenvalue weighted by atomic mass is 10.2. The second-order valence-electron chi connectivity index (χ2n) is 4.56. The molecule has 0 saturated heterocycles. The van der Waals surface area contributed by atoms with Crippen LogP contribution in [0.3, 0.4) is 0 Å². The Labute approximate surface area is 123 Å². The third-order valence-electron chi connectivity index (χ3n) is 2.81. The maximum Gasteiger partial charge on any atom is 0.273 e. The van der Waals surface area contributed by atoms with Gasteiger partial charge in [-0.1, -0.05) is 12.1 Å². The van der Waals surface area contributed by atoms with Crippen molar-refractivity contribution in [3.05, 3.63) is 47.9 Å². The molecule has 1 aromatic carbocycles. The van der Waals surface area contributed by atoms with Crippen molar-refractivity contribution in [1.82, 2.24) is 15.3 Å². The number of carbonyl (C=O) groups is 1. The maximum absolute atomic E-state index is 11.8. The summed E-state index contributed by atoms with van der Waals surface area (Å²) >= 11 is 0. The number of anilines is 1. The van der Waals surface area contributed by atoms with Crippen molar-refractivity contribution in [3.63, 3.8) is 0 Å². The van der Waals surface area contributed by atoms with Crippen LogP contribution in [0.25, 0.3) is 0 Å². The molecule has 0 radical (unpaired) electrons. The van der Waals surface area contributed by atoms with Crippen LogP contribution in [-0.2, 0) is 0 Å². The van der Waals surface area contributed by atoms with Gasteiger partial charge in [0.25, 0.3) is 5.91 Å². The van der Waals surface area contributed by atoms with Crippen molar-refractivity contribution in [2.24, 2.45) is 0 Å². The van der Waals surface area contributed by atoms with Gasteiger partial charge in [0.1, 0.15) is 5.75 Å². The van der Waals surface area contributed by atoms with Crippen LogP contribution in [0.4, 0.5) is 5.82 Å². The quantitative estimate of drug-likeness (QED) is 0.787. The zero-order chi connectivity index (χ0) is 15.1. The summed E-state index contributed by atoms with van der Waals surface area (Å²) in [7, 11) is 0. The van der Waals surface area contributed by atoms with Gasteiger partial charge in [-0.15, -0.1) is 0 Å². The summed E-state index contributed by atoms with van der Waals surface area (Å²) in [5.74, 6) is 0.640. The van der Waals surface area contributed by atoms with Gasteiger partial charge in [0, 0.05) is 18.9 Å². The Morgan fingerprint density at radius 1 is 1.33 bits per heavy atom. The highest BCUT2D eigenvalue weighted by Crippen LogP contribution is 2.12. The number of rotatable bonds is 6. The van der Waals surface area contributed by atoms with Crippen molar-refractivity contribution >= 4 is 11.7 Å². The predicted octanol–water partition coefficient (Wildman–Crippen LogP) is 1.57. The van der Waals surface area contributed by atoms with E-state index in [4.69, 9.17) is 10.5 Å². The van der Waals surface area contributed by atoms with Gasteiger partial charge in [-0.3, -0.25) is 4.79 Å². The lowest BCUT2D eigenvalue weighted by molar-refractivity contribution is 0.0947. The normalized spacial score (nSPS) is 10.1. The number of carbonyl (C=O) groups excluding carboxylic acids is 1. The molecule has 1 aromatic heterocycles. The van der Waals surface area contributed by atoms with Crippen LogP contribution in [0.1, 0.15) is 22.5 Å². The lowest BCUT2D eigenvalue weighted by Gasteiger charge is -2.08. The minimum absolute atomic E-state index is 0.131. The van der Waals surface area contributed by atoms with Gasteiger partial charge in [0.15, 0.2) is 11.5 Å². The summed E-state index contributed by atoms with van der Waals surface area (Å²) in [4.78, 5) is 19.5. The number of amides is 1. The predicted molar refractivity (Wildman–Crippen MR) is 80.1 cm³/mol. The number of ether oxygens (including phenoxy) is 1. The van der Waals surface area contributed by atoms with Gasteiger partial charge in [-0.05, 0) is 31.0 Å². The monoisotopic (exact) mass is 286 g/mol. The zero-order valence-electron chi connectivity index (χ0n) is 11.9. The molecule has 3 N–H and O–H groups in total. The zero-order valence-corrected chi connectivity index (χ0v) is 11.9. The van der Waals surface area contributed by atoms with E-state index in [9.17, 15) is 4.79 Å². The third-order valence-corrected chi connectivity index (χ3v) is 2.81. The average molecular weight is 286 g/mol. The highest BCUT2D eigenvalue weighted by Gasteiger charge is 2.10. The second-order valence-corrected chi connectivity index (χ2v) is 4.56. The summed E-state index contributed by atoms with van der Waals surface area (Å²) < 4.78 is 5.59. The molecule has 0 bridgehead atoms. The Morgan fingerprint density at radius 2 is 2.14 bits per heavy atom. The SMILES string of the molecule is Cc1cccc(OCCCNC(=O)c2nccnc2N)c1. The van der Waals surface area contributed by atoms with E-state index in [0.717, 1.165) is 11.3 Å². The molecule has 0 unspecified atom stereocenters. The molecule has 0 saturated carbocycles. The fourth-order valence-electron chi connectivity index (χ4n) is 1.78. The maximum atomic E-state index is 11.8. The molecule has 6 heteroatoms. The Balaban J connectivity index is 1.70. The van der Waals surface area contributed by atoms with Crippen molar-refractivity contribution in [1.29, 1.82) is 0 Å². The van der Waals surface area contributed by atoms with Crippen LogP contribution in [0.2, 0.25) is 0 Å². The summed E-state index contributed by atoms with van der Waals surface area (Å²) in [5.41, 5.74) is 6.88. The number of benzene rings is 1. The van der Waals surface area contributed by atoms with Gasteiger partial charge < -0.3 is 15.8 Å². The average Bonchev–Trinajstić information content (AvgIpc) is 2.47. The summed E-state index contributed by atoms with van der Waals surface area (Å²) in [6.45, 7) is 3.03. The molecule has 0 atom stereocenters. The van der Waals surface area contributed by atoms with Gasteiger partial charge in [-0.25, -0.2) is 9.97 Å². The van der Waals surface area contributed by atoms with Crippen molar-refractivity contribution in [2.75, 3.05) is 18.9 Å². The number of aryl methyl sites for hydroxylation is 1. The van der Waals surface area contributed by atoms with E-state index >= 15 is 0 Å². The van der Waals surface area contributed by atoms with Gasteiger partial charge >= 0.3 is 0 Å². The summed E-state index contributed by atoms with van der Waals surface area (Å²) in [6, 6.07) is 7.84. The largest absolute Gasteiger partial charge is 0.494 e. The minimum atomic E-state index is -0.323. The smallest absolute Gasteiger partial charge is 0.273 e. The van der Waals surface area contributed by atoms with Crippen LogP contribution < -0.4 is 15.8 Å². The van der Waals surface area contributed by atoms with Crippen molar-refractivity contribution in [3.8, 4) is 5.75 Å². The Morgan fingerprint density at radius 3 is 2.90 bits per heavy atom. The van der Waals surface area contributed by atoms with E-state index in [1.807, 2.05) is 31.2 Å². The summed E-state index contributed by atoms with van der Waals surface area (Å²) in [5, 5.41) is 2.74. The molecule has 0 spiro atoms. The standard InChI is InChI=1S/C15H18N4O2/c1-11-4-2-5-12(10-11)21-9-3-6-19-15(20)13-14(16)18-8-7-17-13/h2,4-5,7-8,10H,3,6,9H2,1H3,(H2,16,18)(H,19,20).